The van der Waals surface area contributed by atoms with Crippen molar-refractivity contribution in [3.63, 3.8) is 0 Å². The largest absolute Gasteiger partial charge is 0.481 e. The third kappa shape index (κ3) is 3.62. The zero-order valence-electron chi connectivity index (χ0n) is 9.80. The summed E-state index contributed by atoms with van der Waals surface area (Å²) < 4.78 is 4.99. The molecule has 16 heavy (non-hydrogen) atoms. The highest BCUT2D eigenvalue weighted by molar-refractivity contribution is 5.69. The van der Waals surface area contributed by atoms with Crippen molar-refractivity contribution in [2.75, 3.05) is 13.1 Å². The van der Waals surface area contributed by atoms with E-state index < -0.39 is 11.9 Å². The molecule has 1 aromatic rings. The van der Waals surface area contributed by atoms with Crippen LogP contribution in [0.15, 0.2) is 4.52 Å². The average molecular weight is 227 g/mol. The van der Waals surface area contributed by atoms with Crippen LogP contribution in [0.2, 0.25) is 0 Å². The van der Waals surface area contributed by atoms with Crippen LogP contribution in [0.3, 0.4) is 0 Å². The van der Waals surface area contributed by atoms with E-state index in [4.69, 9.17) is 9.63 Å². The van der Waals surface area contributed by atoms with Crippen molar-refractivity contribution < 1.29 is 14.4 Å². The topological polar surface area (TPSA) is 79.5 Å². The maximum absolute atomic E-state index is 10.7. The number of aryl methyl sites for hydroxylation is 1. The first-order chi connectivity index (χ1) is 7.52. The number of aromatic nitrogens is 2. The summed E-state index contributed by atoms with van der Waals surface area (Å²) in [6.45, 7) is 7.13. The van der Waals surface area contributed by atoms with Crippen molar-refractivity contribution >= 4 is 5.97 Å². The van der Waals surface area contributed by atoms with E-state index in [1.54, 1.807) is 13.8 Å². The predicted molar refractivity (Wildman–Crippen MR) is 56.8 cm³/mol. The van der Waals surface area contributed by atoms with E-state index in [1.165, 1.54) is 0 Å². The van der Waals surface area contributed by atoms with E-state index >= 15 is 0 Å². The van der Waals surface area contributed by atoms with Crippen molar-refractivity contribution in [1.29, 1.82) is 0 Å². The van der Waals surface area contributed by atoms with Gasteiger partial charge in [0.15, 0.2) is 5.82 Å². The average Bonchev–Trinajstić information content (AvgIpc) is 2.62. The second-order valence-corrected chi connectivity index (χ2v) is 3.80. The molecule has 0 aliphatic rings. The molecule has 0 aliphatic carbocycles. The lowest BCUT2D eigenvalue weighted by Gasteiger charge is -2.20. The Morgan fingerprint density at radius 2 is 2.31 bits per heavy atom. The molecule has 1 unspecified atom stereocenters. The van der Waals surface area contributed by atoms with Crippen molar-refractivity contribution in [1.82, 2.24) is 15.0 Å². The molecule has 6 heteroatoms. The lowest BCUT2D eigenvalue weighted by atomic mass is 10.2. The standard InChI is InChI=1S/C10H17N3O3/c1-4-13(5-7(2)10(14)15)6-9-11-8(3)12-16-9/h7H,4-6H2,1-3H3,(H,14,15). The smallest absolute Gasteiger partial charge is 0.307 e. The van der Waals surface area contributed by atoms with E-state index in [2.05, 4.69) is 10.1 Å². The van der Waals surface area contributed by atoms with Crippen molar-refractivity contribution in [2.45, 2.75) is 27.3 Å². The molecule has 1 aromatic heterocycles. The Morgan fingerprint density at radius 1 is 1.62 bits per heavy atom. The van der Waals surface area contributed by atoms with Crippen LogP contribution >= 0.6 is 0 Å². The maximum atomic E-state index is 10.7. The highest BCUT2D eigenvalue weighted by Crippen LogP contribution is 2.06. The Morgan fingerprint density at radius 3 is 2.75 bits per heavy atom. The summed E-state index contributed by atoms with van der Waals surface area (Å²) in [7, 11) is 0. The van der Waals surface area contributed by atoms with Crippen LogP contribution in [-0.4, -0.2) is 39.2 Å². The molecule has 90 valence electrons. The summed E-state index contributed by atoms with van der Waals surface area (Å²) in [6.07, 6.45) is 0. The quantitative estimate of drug-likeness (QED) is 0.778. The van der Waals surface area contributed by atoms with Gasteiger partial charge in [0, 0.05) is 6.54 Å². The first kappa shape index (κ1) is 12.6. The molecule has 0 saturated heterocycles. The second-order valence-electron chi connectivity index (χ2n) is 3.80. The molecule has 1 rings (SSSR count). The Balaban J connectivity index is 2.52. The number of aliphatic carboxylic acids is 1. The minimum atomic E-state index is -0.792. The molecule has 1 N–H and O–H groups in total. The van der Waals surface area contributed by atoms with Crippen LogP contribution in [-0.2, 0) is 11.3 Å². The van der Waals surface area contributed by atoms with Crippen LogP contribution < -0.4 is 0 Å². The van der Waals surface area contributed by atoms with Crippen LogP contribution in [0.1, 0.15) is 25.6 Å². The minimum Gasteiger partial charge on any atom is -0.481 e. The molecule has 0 aliphatic heterocycles. The summed E-state index contributed by atoms with van der Waals surface area (Å²) in [4.78, 5) is 16.8. The summed E-state index contributed by atoms with van der Waals surface area (Å²) in [5.41, 5.74) is 0. The fourth-order valence-corrected chi connectivity index (χ4v) is 1.37. The molecular formula is C10H17N3O3. The first-order valence-corrected chi connectivity index (χ1v) is 5.27. The van der Waals surface area contributed by atoms with Crippen LogP contribution in [0, 0.1) is 12.8 Å². The second kappa shape index (κ2) is 5.60. The predicted octanol–water partition coefficient (Wildman–Crippen LogP) is 0.921. The molecule has 1 atom stereocenters. The number of hydrogen-bond donors (Lipinski definition) is 1. The van der Waals surface area contributed by atoms with Crippen LogP contribution in [0.4, 0.5) is 0 Å². The molecule has 0 fully saturated rings. The third-order valence-electron chi connectivity index (χ3n) is 2.33. The van der Waals surface area contributed by atoms with Gasteiger partial charge in [-0.15, -0.1) is 0 Å². The van der Waals surface area contributed by atoms with Crippen molar-refractivity contribution in [2.24, 2.45) is 5.92 Å². The van der Waals surface area contributed by atoms with Gasteiger partial charge in [-0.25, -0.2) is 0 Å². The first-order valence-electron chi connectivity index (χ1n) is 5.27. The van der Waals surface area contributed by atoms with Crippen molar-refractivity contribution in [3.05, 3.63) is 11.7 Å². The number of hydrogen-bond acceptors (Lipinski definition) is 5. The molecule has 0 saturated carbocycles. The maximum Gasteiger partial charge on any atom is 0.307 e. The molecule has 0 amide bonds. The lowest BCUT2D eigenvalue weighted by molar-refractivity contribution is -0.141. The number of rotatable bonds is 6. The number of carboxylic acids is 1. The van der Waals surface area contributed by atoms with E-state index in [0.717, 1.165) is 6.54 Å². The van der Waals surface area contributed by atoms with E-state index in [0.29, 0.717) is 24.8 Å². The van der Waals surface area contributed by atoms with Crippen molar-refractivity contribution in [3.8, 4) is 0 Å². The van der Waals surface area contributed by atoms with Gasteiger partial charge in [-0.2, -0.15) is 4.98 Å². The molecule has 6 nitrogen and oxygen atoms in total. The molecule has 0 radical (unpaired) electrons. The van der Waals surface area contributed by atoms with Gasteiger partial charge in [-0.3, -0.25) is 9.69 Å². The van der Waals surface area contributed by atoms with E-state index in [-0.39, 0.29) is 0 Å². The Kier molecular flexibility index (Phi) is 4.42. The monoisotopic (exact) mass is 227 g/mol. The lowest BCUT2D eigenvalue weighted by Crippen LogP contribution is -2.31. The van der Waals surface area contributed by atoms with Gasteiger partial charge >= 0.3 is 5.97 Å². The van der Waals surface area contributed by atoms with Gasteiger partial charge in [-0.1, -0.05) is 19.0 Å². The number of carboxylic acid groups (broad SMARTS) is 1. The van der Waals surface area contributed by atoms with Crippen LogP contribution in [0.5, 0.6) is 0 Å². The number of nitrogens with zero attached hydrogens (tertiary/aromatic N) is 3. The van der Waals surface area contributed by atoms with E-state index in [1.807, 2.05) is 11.8 Å². The third-order valence-corrected chi connectivity index (χ3v) is 2.33. The van der Waals surface area contributed by atoms with Gasteiger partial charge in [0.1, 0.15) is 0 Å². The molecule has 1 heterocycles. The summed E-state index contributed by atoms with van der Waals surface area (Å²) >= 11 is 0. The zero-order chi connectivity index (χ0) is 12.1. The minimum absolute atomic E-state index is 0.399. The zero-order valence-corrected chi connectivity index (χ0v) is 9.80. The molecule has 0 spiro atoms. The highest BCUT2D eigenvalue weighted by Gasteiger charge is 2.17. The summed E-state index contributed by atoms with van der Waals surface area (Å²) in [5.74, 6) is -0.0709. The van der Waals surface area contributed by atoms with Gasteiger partial charge in [0.05, 0.1) is 12.5 Å². The highest BCUT2D eigenvalue weighted by atomic mass is 16.5. The van der Waals surface area contributed by atoms with Gasteiger partial charge < -0.3 is 9.63 Å². The van der Waals surface area contributed by atoms with Crippen LogP contribution in [0.25, 0.3) is 0 Å². The molecule has 0 aromatic carbocycles. The SMILES string of the molecule is CCN(Cc1nc(C)no1)CC(C)C(=O)O. The normalized spacial score (nSPS) is 13.0. The summed E-state index contributed by atoms with van der Waals surface area (Å²) in [6, 6.07) is 0. The van der Waals surface area contributed by atoms with Gasteiger partial charge in [0.25, 0.3) is 0 Å². The molecular weight excluding hydrogens is 210 g/mol. The van der Waals surface area contributed by atoms with Gasteiger partial charge in [-0.05, 0) is 13.5 Å². The molecule has 0 bridgehead atoms. The summed E-state index contributed by atoms with van der Waals surface area (Å²) in [5, 5.41) is 12.5. The fraction of sp³-hybridized carbons (Fsp3) is 0.700. The number of carbonyl (C=O) groups is 1. The Labute approximate surface area is 94.3 Å². The Bertz CT molecular complexity index is 351. The fourth-order valence-electron chi connectivity index (χ4n) is 1.37. The Hall–Kier alpha value is -1.43. The van der Waals surface area contributed by atoms with Gasteiger partial charge in [0.2, 0.25) is 5.89 Å². The van der Waals surface area contributed by atoms with E-state index in [9.17, 15) is 4.79 Å².